The molecule has 1 aromatic rings. The molecule has 0 spiro atoms. The summed E-state index contributed by atoms with van der Waals surface area (Å²) in [5.74, 6) is -0.117. The van der Waals surface area contributed by atoms with Gasteiger partial charge in [-0.15, -0.1) is 0 Å². The molecule has 1 amide bonds. The highest BCUT2D eigenvalue weighted by atomic mass is 16.6. The van der Waals surface area contributed by atoms with Crippen LogP contribution in [0.15, 0.2) is 24.4 Å². The molecule has 5 heteroatoms. The number of Topliss-reactive ketones (excluding diaryl/α,β-unsaturated/α-hetero) is 1. The third kappa shape index (κ3) is 3.35. The zero-order valence-corrected chi connectivity index (χ0v) is 12.1. The maximum Gasteiger partial charge on any atom is 0.410 e. The number of ketones is 1. The number of aromatic nitrogens is 1. The van der Waals surface area contributed by atoms with Crippen molar-refractivity contribution in [1.82, 2.24) is 9.88 Å². The molecule has 1 atom stereocenters. The summed E-state index contributed by atoms with van der Waals surface area (Å²) in [6.45, 7) is 6.00. The van der Waals surface area contributed by atoms with Crippen molar-refractivity contribution in [2.45, 2.75) is 45.3 Å². The van der Waals surface area contributed by atoms with Crippen LogP contribution in [0.1, 0.15) is 44.1 Å². The topological polar surface area (TPSA) is 59.5 Å². The fourth-order valence-electron chi connectivity index (χ4n) is 2.26. The number of carbonyl (C=O) groups excluding carboxylic acids is 2. The zero-order valence-electron chi connectivity index (χ0n) is 12.1. The molecule has 0 aliphatic carbocycles. The van der Waals surface area contributed by atoms with Gasteiger partial charge in [-0.05, 0) is 45.7 Å². The van der Waals surface area contributed by atoms with Crippen LogP contribution in [0.3, 0.4) is 0 Å². The SMILES string of the molecule is CC(C)(C)OC(=O)N1CCC[C@@H]1C(=O)c1ccccn1. The molecule has 20 heavy (non-hydrogen) atoms. The summed E-state index contributed by atoms with van der Waals surface area (Å²) in [5.41, 5.74) is -0.161. The van der Waals surface area contributed by atoms with Crippen molar-refractivity contribution in [3.63, 3.8) is 0 Å². The molecule has 0 N–H and O–H groups in total. The molecule has 5 nitrogen and oxygen atoms in total. The Kier molecular flexibility index (Phi) is 4.06. The Morgan fingerprint density at radius 3 is 2.70 bits per heavy atom. The van der Waals surface area contributed by atoms with Gasteiger partial charge in [-0.1, -0.05) is 6.07 Å². The van der Waals surface area contributed by atoms with Crippen molar-refractivity contribution in [2.75, 3.05) is 6.54 Å². The normalized spacial score (nSPS) is 18.9. The van der Waals surface area contributed by atoms with Crippen molar-refractivity contribution in [3.05, 3.63) is 30.1 Å². The highest BCUT2D eigenvalue weighted by Crippen LogP contribution is 2.23. The average molecular weight is 276 g/mol. The molecule has 2 heterocycles. The first-order valence-electron chi connectivity index (χ1n) is 6.83. The predicted octanol–water partition coefficient (Wildman–Crippen LogP) is 2.66. The molecule has 0 bridgehead atoms. The molecule has 0 unspecified atom stereocenters. The molecule has 2 rings (SSSR count). The van der Waals surface area contributed by atoms with E-state index in [1.807, 2.05) is 20.8 Å². The lowest BCUT2D eigenvalue weighted by atomic mass is 10.1. The highest BCUT2D eigenvalue weighted by molar-refractivity contribution is 6.00. The van der Waals surface area contributed by atoms with Gasteiger partial charge in [0, 0.05) is 12.7 Å². The second-order valence-electron chi connectivity index (χ2n) is 5.91. The van der Waals surface area contributed by atoms with Crippen molar-refractivity contribution in [3.8, 4) is 0 Å². The molecule has 108 valence electrons. The smallest absolute Gasteiger partial charge is 0.410 e. The van der Waals surface area contributed by atoms with Gasteiger partial charge in [0.1, 0.15) is 17.3 Å². The minimum absolute atomic E-state index is 0.117. The Morgan fingerprint density at radius 1 is 1.35 bits per heavy atom. The number of likely N-dealkylation sites (tertiary alicyclic amines) is 1. The second-order valence-corrected chi connectivity index (χ2v) is 5.91. The van der Waals surface area contributed by atoms with Gasteiger partial charge >= 0.3 is 6.09 Å². The van der Waals surface area contributed by atoms with Crippen LogP contribution >= 0.6 is 0 Å². The number of pyridine rings is 1. The van der Waals surface area contributed by atoms with Crippen LogP contribution in [-0.2, 0) is 4.74 Å². The van der Waals surface area contributed by atoms with Crippen molar-refractivity contribution >= 4 is 11.9 Å². The van der Waals surface area contributed by atoms with E-state index >= 15 is 0 Å². The minimum Gasteiger partial charge on any atom is -0.444 e. The Bertz CT molecular complexity index is 494. The summed E-state index contributed by atoms with van der Waals surface area (Å²) in [4.78, 5) is 30.1. The molecule has 0 saturated carbocycles. The minimum atomic E-state index is -0.557. The first-order chi connectivity index (χ1) is 9.38. The van der Waals surface area contributed by atoms with Crippen molar-refractivity contribution in [2.24, 2.45) is 0 Å². The third-order valence-electron chi connectivity index (χ3n) is 3.10. The summed E-state index contributed by atoms with van der Waals surface area (Å²) in [6, 6.07) is 4.75. The molecule has 1 aliphatic rings. The Morgan fingerprint density at radius 2 is 2.10 bits per heavy atom. The first kappa shape index (κ1) is 14.5. The summed E-state index contributed by atoms with van der Waals surface area (Å²) < 4.78 is 5.35. The fraction of sp³-hybridized carbons (Fsp3) is 0.533. The standard InChI is InChI=1S/C15H20N2O3/c1-15(2,3)20-14(19)17-10-6-8-12(17)13(18)11-7-4-5-9-16-11/h4-5,7,9,12H,6,8,10H2,1-3H3/t12-/m1/s1. The number of hydrogen-bond donors (Lipinski definition) is 0. The highest BCUT2D eigenvalue weighted by Gasteiger charge is 2.37. The van der Waals surface area contributed by atoms with Gasteiger partial charge in [-0.25, -0.2) is 4.79 Å². The molecule has 0 radical (unpaired) electrons. The van der Waals surface area contributed by atoms with Gasteiger partial charge in [0.2, 0.25) is 5.78 Å². The lowest BCUT2D eigenvalue weighted by Gasteiger charge is -2.27. The molecule has 1 aromatic heterocycles. The van der Waals surface area contributed by atoms with Crippen LogP contribution in [0.25, 0.3) is 0 Å². The number of hydrogen-bond acceptors (Lipinski definition) is 4. The van der Waals surface area contributed by atoms with Gasteiger partial charge in [-0.2, -0.15) is 0 Å². The van der Waals surface area contributed by atoms with E-state index in [9.17, 15) is 9.59 Å². The molecular weight excluding hydrogens is 256 g/mol. The number of rotatable bonds is 2. The molecular formula is C15H20N2O3. The van der Waals surface area contributed by atoms with Gasteiger partial charge in [0.05, 0.1) is 0 Å². The van der Waals surface area contributed by atoms with Gasteiger partial charge in [0.25, 0.3) is 0 Å². The maximum atomic E-state index is 12.4. The van der Waals surface area contributed by atoms with Crippen LogP contribution in [0.4, 0.5) is 4.79 Å². The van der Waals surface area contributed by atoms with E-state index in [1.165, 1.54) is 4.90 Å². The maximum absolute atomic E-state index is 12.4. The second kappa shape index (κ2) is 5.61. The van der Waals surface area contributed by atoms with Crippen LogP contribution in [-0.4, -0.2) is 39.9 Å². The fourth-order valence-corrected chi connectivity index (χ4v) is 2.26. The summed E-state index contributed by atoms with van der Waals surface area (Å²) in [5, 5.41) is 0. The van der Waals surface area contributed by atoms with E-state index in [2.05, 4.69) is 4.98 Å². The average Bonchev–Trinajstić information content (AvgIpc) is 2.86. The Labute approximate surface area is 118 Å². The lowest BCUT2D eigenvalue weighted by Crippen LogP contribution is -2.43. The number of ether oxygens (including phenoxy) is 1. The zero-order chi connectivity index (χ0) is 14.8. The Balaban J connectivity index is 2.11. The monoisotopic (exact) mass is 276 g/mol. The van der Waals surface area contributed by atoms with Gasteiger partial charge < -0.3 is 4.74 Å². The molecule has 1 aliphatic heterocycles. The van der Waals surface area contributed by atoms with E-state index < -0.39 is 17.7 Å². The predicted molar refractivity (Wildman–Crippen MR) is 74.5 cm³/mol. The number of nitrogens with zero attached hydrogens (tertiary/aromatic N) is 2. The molecule has 1 fully saturated rings. The van der Waals surface area contributed by atoms with Crippen molar-refractivity contribution in [1.29, 1.82) is 0 Å². The summed E-state index contributed by atoms with van der Waals surface area (Å²) in [7, 11) is 0. The molecule has 0 aromatic carbocycles. The van der Waals surface area contributed by atoms with E-state index in [0.717, 1.165) is 6.42 Å². The lowest BCUT2D eigenvalue weighted by molar-refractivity contribution is 0.0222. The van der Waals surface area contributed by atoms with Gasteiger partial charge in [-0.3, -0.25) is 14.7 Å². The van der Waals surface area contributed by atoms with Crippen LogP contribution in [0, 0.1) is 0 Å². The van der Waals surface area contributed by atoms with Crippen LogP contribution < -0.4 is 0 Å². The van der Waals surface area contributed by atoms with Crippen LogP contribution in [0.5, 0.6) is 0 Å². The third-order valence-corrected chi connectivity index (χ3v) is 3.10. The van der Waals surface area contributed by atoms with E-state index in [0.29, 0.717) is 18.7 Å². The number of carbonyl (C=O) groups is 2. The van der Waals surface area contributed by atoms with Crippen molar-refractivity contribution < 1.29 is 14.3 Å². The summed E-state index contributed by atoms with van der Waals surface area (Å²) >= 11 is 0. The van der Waals surface area contributed by atoms with Gasteiger partial charge in [0.15, 0.2) is 0 Å². The van der Waals surface area contributed by atoms with E-state index in [4.69, 9.17) is 4.74 Å². The van der Waals surface area contributed by atoms with E-state index in [1.54, 1.807) is 24.4 Å². The first-order valence-corrected chi connectivity index (χ1v) is 6.83. The molecule has 1 saturated heterocycles. The number of amides is 1. The summed E-state index contributed by atoms with van der Waals surface area (Å²) in [6.07, 6.45) is 2.63. The largest absolute Gasteiger partial charge is 0.444 e. The van der Waals surface area contributed by atoms with E-state index in [-0.39, 0.29) is 5.78 Å². The Hall–Kier alpha value is -1.91. The quantitative estimate of drug-likeness (QED) is 0.779. The van der Waals surface area contributed by atoms with Crippen LogP contribution in [0.2, 0.25) is 0 Å².